The Hall–Kier alpha value is -0.830. The van der Waals surface area contributed by atoms with Gasteiger partial charge in [-0.1, -0.05) is 6.92 Å². The van der Waals surface area contributed by atoms with E-state index in [1.165, 1.54) is 19.4 Å². The number of halogens is 1. The number of guanidine groups is 1. The Balaban J connectivity index is 0.00000264. The zero-order chi connectivity index (χ0) is 15.8. The van der Waals surface area contributed by atoms with E-state index in [1.54, 1.807) is 0 Å². The summed E-state index contributed by atoms with van der Waals surface area (Å²) < 4.78 is 2.18. The molecule has 2 heterocycles. The molecular formula is C16H31IN6. The minimum atomic E-state index is 0. The summed E-state index contributed by atoms with van der Waals surface area (Å²) in [4.78, 5) is 11.2. The highest BCUT2D eigenvalue weighted by molar-refractivity contribution is 14.0. The lowest BCUT2D eigenvalue weighted by atomic mass is 10.2. The normalized spacial score (nSPS) is 18.9. The van der Waals surface area contributed by atoms with Crippen LogP contribution in [0.25, 0.3) is 0 Å². The summed E-state index contributed by atoms with van der Waals surface area (Å²) in [5.41, 5.74) is 5.94. The summed E-state index contributed by atoms with van der Waals surface area (Å²) in [5, 5.41) is 3.22. The number of aliphatic imine (C=N–C) groups is 1. The van der Waals surface area contributed by atoms with Crippen molar-refractivity contribution in [3.05, 3.63) is 18.2 Å². The van der Waals surface area contributed by atoms with E-state index in [9.17, 15) is 0 Å². The Labute approximate surface area is 156 Å². The number of likely N-dealkylation sites (N-methyl/N-ethyl adjacent to an activating group) is 1. The molecule has 1 aliphatic heterocycles. The monoisotopic (exact) mass is 434 g/mol. The lowest BCUT2D eigenvalue weighted by Gasteiger charge is -2.20. The molecule has 0 spiro atoms. The third-order valence-corrected chi connectivity index (χ3v) is 4.43. The summed E-state index contributed by atoms with van der Waals surface area (Å²) in [6.45, 7) is 9.28. The highest BCUT2D eigenvalue weighted by Gasteiger charge is 2.22. The molecule has 1 atom stereocenters. The van der Waals surface area contributed by atoms with Gasteiger partial charge in [0.25, 0.3) is 0 Å². The van der Waals surface area contributed by atoms with Gasteiger partial charge in [-0.2, -0.15) is 0 Å². The van der Waals surface area contributed by atoms with Crippen molar-refractivity contribution in [1.82, 2.24) is 19.8 Å². The predicted molar refractivity (Wildman–Crippen MR) is 106 cm³/mol. The molecule has 1 aromatic heterocycles. The van der Waals surface area contributed by atoms with Crippen molar-refractivity contribution >= 4 is 29.9 Å². The lowest BCUT2D eigenvalue weighted by molar-refractivity contribution is 0.273. The fourth-order valence-electron chi connectivity index (χ4n) is 3.04. The van der Waals surface area contributed by atoms with E-state index in [-0.39, 0.29) is 24.0 Å². The average molecular weight is 434 g/mol. The first-order valence-electron chi connectivity index (χ1n) is 8.46. The van der Waals surface area contributed by atoms with Crippen LogP contribution in [0, 0.1) is 6.92 Å². The molecule has 1 unspecified atom stereocenters. The molecule has 1 fully saturated rings. The van der Waals surface area contributed by atoms with Crippen LogP contribution >= 0.6 is 24.0 Å². The van der Waals surface area contributed by atoms with Gasteiger partial charge in [-0.05, 0) is 45.7 Å². The minimum absolute atomic E-state index is 0. The van der Waals surface area contributed by atoms with Crippen LogP contribution in [0.2, 0.25) is 0 Å². The minimum Gasteiger partial charge on any atom is -0.370 e. The molecule has 0 amide bonds. The molecule has 0 radical (unpaired) electrons. The lowest BCUT2D eigenvalue weighted by Crippen LogP contribution is -2.36. The number of rotatable bonds is 8. The largest absolute Gasteiger partial charge is 0.370 e. The Morgan fingerprint density at radius 2 is 2.30 bits per heavy atom. The maximum Gasteiger partial charge on any atom is 0.188 e. The van der Waals surface area contributed by atoms with Gasteiger partial charge in [-0.3, -0.25) is 9.89 Å². The second kappa shape index (κ2) is 10.9. The van der Waals surface area contributed by atoms with Crippen molar-refractivity contribution in [3.8, 4) is 0 Å². The molecule has 1 saturated heterocycles. The van der Waals surface area contributed by atoms with Crippen LogP contribution in [0.3, 0.4) is 0 Å². The van der Waals surface area contributed by atoms with Gasteiger partial charge in [-0.25, -0.2) is 4.98 Å². The number of nitrogens with zero attached hydrogens (tertiary/aromatic N) is 4. The number of nitrogens with one attached hydrogen (secondary N) is 1. The molecule has 0 aromatic carbocycles. The third kappa shape index (κ3) is 6.66. The van der Waals surface area contributed by atoms with Crippen LogP contribution in [-0.4, -0.2) is 52.6 Å². The molecule has 6 nitrogen and oxygen atoms in total. The van der Waals surface area contributed by atoms with Gasteiger partial charge in [-0.15, -0.1) is 24.0 Å². The summed E-state index contributed by atoms with van der Waals surface area (Å²) in [6.07, 6.45) is 8.60. The van der Waals surface area contributed by atoms with E-state index < -0.39 is 0 Å². The molecule has 0 bridgehead atoms. The first kappa shape index (κ1) is 20.2. The summed E-state index contributed by atoms with van der Waals surface area (Å²) >= 11 is 0. The average Bonchev–Trinajstić information content (AvgIpc) is 3.13. The van der Waals surface area contributed by atoms with E-state index in [0.29, 0.717) is 12.0 Å². The van der Waals surface area contributed by atoms with Crippen molar-refractivity contribution in [1.29, 1.82) is 0 Å². The van der Waals surface area contributed by atoms with Gasteiger partial charge in [0.15, 0.2) is 5.96 Å². The highest BCUT2D eigenvalue weighted by Crippen LogP contribution is 2.16. The first-order chi connectivity index (χ1) is 10.7. The second-order valence-electron chi connectivity index (χ2n) is 5.95. The number of nitrogens with two attached hydrogens (primary N) is 1. The van der Waals surface area contributed by atoms with Crippen LogP contribution in [0.1, 0.15) is 38.4 Å². The van der Waals surface area contributed by atoms with Crippen LogP contribution < -0.4 is 11.1 Å². The molecule has 1 aliphatic rings. The Morgan fingerprint density at radius 1 is 1.48 bits per heavy atom. The van der Waals surface area contributed by atoms with Gasteiger partial charge >= 0.3 is 0 Å². The van der Waals surface area contributed by atoms with E-state index in [0.717, 1.165) is 44.8 Å². The summed E-state index contributed by atoms with van der Waals surface area (Å²) in [6, 6.07) is 0.578. The van der Waals surface area contributed by atoms with Crippen LogP contribution in [-0.2, 0) is 6.54 Å². The van der Waals surface area contributed by atoms with Gasteiger partial charge in [0.05, 0.1) is 6.54 Å². The number of aromatic nitrogens is 2. The number of likely N-dealkylation sites (tertiary alicyclic amines) is 1. The van der Waals surface area contributed by atoms with Gasteiger partial charge in [0, 0.05) is 31.5 Å². The molecule has 3 N–H and O–H groups in total. The first-order valence-corrected chi connectivity index (χ1v) is 8.46. The smallest absolute Gasteiger partial charge is 0.188 e. The van der Waals surface area contributed by atoms with E-state index in [2.05, 4.69) is 31.7 Å². The molecular weight excluding hydrogens is 403 g/mol. The van der Waals surface area contributed by atoms with Crippen molar-refractivity contribution in [2.24, 2.45) is 10.7 Å². The van der Waals surface area contributed by atoms with Gasteiger partial charge in [0.2, 0.25) is 0 Å². The third-order valence-electron chi connectivity index (χ3n) is 4.43. The maximum absolute atomic E-state index is 5.94. The van der Waals surface area contributed by atoms with Crippen LogP contribution in [0.5, 0.6) is 0 Å². The number of hydrogen-bond donors (Lipinski definition) is 2. The number of imidazole rings is 1. The zero-order valence-corrected chi connectivity index (χ0v) is 16.7. The van der Waals surface area contributed by atoms with E-state index >= 15 is 0 Å². The van der Waals surface area contributed by atoms with Crippen LogP contribution in [0.15, 0.2) is 17.4 Å². The standard InChI is InChI=1S/C16H30N6.HI/c1-3-21-11-6-7-15(21)13-20-16(17)19-8-4-5-10-22-12-9-18-14(22)2;/h9,12,15H,3-8,10-11,13H2,1-2H3,(H3,17,19,20);1H. The topological polar surface area (TPSA) is 71.5 Å². The maximum atomic E-state index is 5.94. The fourth-order valence-corrected chi connectivity index (χ4v) is 3.04. The summed E-state index contributed by atoms with van der Waals surface area (Å²) in [5.74, 6) is 1.66. The molecule has 1 aromatic rings. The van der Waals surface area contributed by atoms with Crippen LogP contribution in [0.4, 0.5) is 0 Å². The van der Waals surface area contributed by atoms with Gasteiger partial charge < -0.3 is 15.6 Å². The Kier molecular flexibility index (Phi) is 9.54. The van der Waals surface area contributed by atoms with E-state index in [1.807, 2.05) is 19.3 Å². The second-order valence-corrected chi connectivity index (χ2v) is 5.95. The number of aryl methyl sites for hydroxylation is 2. The Morgan fingerprint density at radius 3 is 3.00 bits per heavy atom. The fraction of sp³-hybridized carbons (Fsp3) is 0.750. The highest BCUT2D eigenvalue weighted by atomic mass is 127. The van der Waals surface area contributed by atoms with E-state index in [4.69, 9.17) is 5.73 Å². The zero-order valence-electron chi connectivity index (χ0n) is 14.4. The Bertz CT molecular complexity index is 473. The van der Waals surface area contributed by atoms with Crippen molar-refractivity contribution < 1.29 is 0 Å². The number of unbranched alkanes of at least 4 members (excludes halogenated alkanes) is 1. The van der Waals surface area contributed by atoms with Crippen molar-refractivity contribution in [3.63, 3.8) is 0 Å². The summed E-state index contributed by atoms with van der Waals surface area (Å²) in [7, 11) is 0. The molecule has 132 valence electrons. The molecule has 23 heavy (non-hydrogen) atoms. The number of hydrogen-bond acceptors (Lipinski definition) is 3. The van der Waals surface area contributed by atoms with Crippen molar-refractivity contribution in [2.75, 3.05) is 26.2 Å². The molecule has 0 aliphatic carbocycles. The molecule has 2 rings (SSSR count). The predicted octanol–water partition coefficient (Wildman–Crippen LogP) is 1.98. The quantitative estimate of drug-likeness (QED) is 0.284. The van der Waals surface area contributed by atoms with Gasteiger partial charge in [0.1, 0.15) is 5.82 Å². The molecule has 0 saturated carbocycles. The molecule has 7 heteroatoms. The SMILES string of the molecule is CCN1CCCC1CN=C(N)NCCCCn1ccnc1C.I. The van der Waals surface area contributed by atoms with Crippen molar-refractivity contribution in [2.45, 2.75) is 52.1 Å².